The van der Waals surface area contributed by atoms with E-state index in [1.165, 1.54) is 6.07 Å². The molecule has 3 heteroatoms. The summed E-state index contributed by atoms with van der Waals surface area (Å²) >= 11 is 3.35. The normalized spacial score (nSPS) is 20.9. The summed E-state index contributed by atoms with van der Waals surface area (Å²) in [6, 6.07) is 5.00. The number of halogens is 2. The lowest BCUT2D eigenvalue weighted by Gasteiger charge is -2.08. The van der Waals surface area contributed by atoms with Crippen LogP contribution < -0.4 is 0 Å². The zero-order valence-electron chi connectivity index (χ0n) is 9.63. The van der Waals surface area contributed by atoms with Gasteiger partial charge in [0.15, 0.2) is 0 Å². The quantitative estimate of drug-likeness (QED) is 0.819. The Hall–Kier alpha value is -0.670. The molecule has 1 nitrogen and oxygen atoms in total. The lowest BCUT2D eigenvalue weighted by molar-refractivity contribution is 0.211. The fourth-order valence-corrected chi connectivity index (χ4v) is 2.62. The highest BCUT2D eigenvalue weighted by Crippen LogP contribution is 2.24. The molecule has 1 aliphatic carbocycles. The van der Waals surface area contributed by atoms with E-state index in [0.717, 1.165) is 35.7 Å². The summed E-state index contributed by atoms with van der Waals surface area (Å²) in [5.41, 5.74) is 1.84. The third-order valence-electron chi connectivity index (χ3n) is 3.10. The molecule has 1 aromatic carbocycles. The predicted octanol–water partition coefficient (Wildman–Crippen LogP) is 3.99. The standard InChI is InChI=1S/C14H16BrFO/c15-12-5-6-14(16)11(9-12)7-10-3-1-2-4-13(17)8-10/h5-6,8-9,13,17H,1-4,7H2. The lowest BCUT2D eigenvalue weighted by atomic mass is 10.0. The first-order valence-corrected chi connectivity index (χ1v) is 6.76. The topological polar surface area (TPSA) is 20.2 Å². The van der Waals surface area contributed by atoms with Gasteiger partial charge in [-0.15, -0.1) is 0 Å². The maximum atomic E-state index is 13.6. The third kappa shape index (κ3) is 3.65. The number of hydrogen-bond acceptors (Lipinski definition) is 1. The summed E-state index contributed by atoms with van der Waals surface area (Å²) in [7, 11) is 0. The van der Waals surface area contributed by atoms with Crippen LogP contribution >= 0.6 is 15.9 Å². The van der Waals surface area contributed by atoms with Crippen molar-refractivity contribution in [2.24, 2.45) is 0 Å². The molecule has 0 amide bonds. The van der Waals surface area contributed by atoms with Crippen LogP contribution in [0.25, 0.3) is 0 Å². The van der Waals surface area contributed by atoms with Crippen molar-refractivity contribution in [2.75, 3.05) is 0 Å². The summed E-state index contributed by atoms with van der Waals surface area (Å²) in [6.45, 7) is 0. The largest absolute Gasteiger partial charge is 0.389 e. The number of aliphatic hydroxyl groups excluding tert-OH is 1. The average Bonchev–Trinajstić information content (AvgIpc) is 2.48. The zero-order valence-corrected chi connectivity index (χ0v) is 11.2. The molecular formula is C14H16BrFO. The van der Waals surface area contributed by atoms with Gasteiger partial charge in [-0.2, -0.15) is 0 Å². The smallest absolute Gasteiger partial charge is 0.126 e. The van der Waals surface area contributed by atoms with Gasteiger partial charge < -0.3 is 5.11 Å². The minimum absolute atomic E-state index is 0.173. The Morgan fingerprint density at radius 2 is 2.18 bits per heavy atom. The molecule has 0 spiro atoms. The molecule has 0 saturated heterocycles. The fourth-order valence-electron chi connectivity index (χ4n) is 2.22. The van der Waals surface area contributed by atoms with Crippen LogP contribution in [0.15, 0.2) is 34.3 Å². The summed E-state index contributed by atoms with van der Waals surface area (Å²) in [4.78, 5) is 0. The summed E-state index contributed by atoms with van der Waals surface area (Å²) in [6.07, 6.45) is 6.05. The molecule has 1 aromatic rings. The minimum atomic E-state index is -0.359. The van der Waals surface area contributed by atoms with Gasteiger partial charge in [0.1, 0.15) is 5.82 Å². The van der Waals surface area contributed by atoms with E-state index in [0.29, 0.717) is 12.0 Å². The Morgan fingerprint density at radius 1 is 1.35 bits per heavy atom. The Morgan fingerprint density at radius 3 is 3.00 bits per heavy atom. The number of allylic oxidation sites excluding steroid dienone is 1. The highest BCUT2D eigenvalue weighted by molar-refractivity contribution is 9.10. The van der Waals surface area contributed by atoms with Crippen LogP contribution in [0.4, 0.5) is 4.39 Å². The van der Waals surface area contributed by atoms with E-state index in [4.69, 9.17) is 0 Å². The van der Waals surface area contributed by atoms with Crippen molar-refractivity contribution in [1.82, 2.24) is 0 Å². The van der Waals surface area contributed by atoms with Crippen LogP contribution in [0, 0.1) is 5.82 Å². The van der Waals surface area contributed by atoms with Gasteiger partial charge in [-0.05, 0) is 49.4 Å². The number of benzene rings is 1. The van der Waals surface area contributed by atoms with Crippen molar-refractivity contribution in [1.29, 1.82) is 0 Å². The zero-order chi connectivity index (χ0) is 12.3. The molecular weight excluding hydrogens is 283 g/mol. The van der Waals surface area contributed by atoms with Crippen molar-refractivity contribution < 1.29 is 9.50 Å². The molecule has 1 N–H and O–H groups in total. The third-order valence-corrected chi connectivity index (χ3v) is 3.59. The van der Waals surface area contributed by atoms with Crippen molar-refractivity contribution in [3.8, 4) is 0 Å². The molecule has 17 heavy (non-hydrogen) atoms. The van der Waals surface area contributed by atoms with E-state index in [-0.39, 0.29) is 11.9 Å². The Labute approximate surface area is 109 Å². The molecule has 0 heterocycles. The maximum Gasteiger partial charge on any atom is 0.126 e. The van der Waals surface area contributed by atoms with Crippen LogP contribution in [0.3, 0.4) is 0 Å². The molecule has 0 fully saturated rings. The van der Waals surface area contributed by atoms with Gasteiger partial charge in [0.2, 0.25) is 0 Å². The molecule has 0 bridgehead atoms. The first kappa shape index (κ1) is 12.8. The molecule has 92 valence electrons. The second-order valence-electron chi connectivity index (χ2n) is 4.55. The Bertz CT molecular complexity index is 428. The second kappa shape index (κ2) is 5.78. The first-order chi connectivity index (χ1) is 8.15. The van der Waals surface area contributed by atoms with Gasteiger partial charge in [-0.25, -0.2) is 4.39 Å². The van der Waals surface area contributed by atoms with Gasteiger partial charge >= 0.3 is 0 Å². The van der Waals surface area contributed by atoms with E-state index in [1.807, 2.05) is 12.1 Å². The van der Waals surface area contributed by atoms with Gasteiger partial charge in [-0.3, -0.25) is 0 Å². The van der Waals surface area contributed by atoms with Crippen molar-refractivity contribution in [3.05, 3.63) is 45.7 Å². The highest BCUT2D eigenvalue weighted by Gasteiger charge is 2.11. The number of rotatable bonds is 2. The fraction of sp³-hybridized carbons (Fsp3) is 0.429. The first-order valence-electron chi connectivity index (χ1n) is 5.97. The van der Waals surface area contributed by atoms with Crippen LogP contribution in [0.2, 0.25) is 0 Å². The van der Waals surface area contributed by atoms with Crippen molar-refractivity contribution in [3.63, 3.8) is 0 Å². The molecule has 2 rings (SSSR count). The molecule has 1 aliphatic rings. The van der Waals surface area contributed by atoms with Crippen molar-refractivity contribution in [2.45, 2.75) is 38.2 Å². The predicted molar refractivity (Wildman–Crippen MR) is 70.4 cm³/mol. The second-order valence-corrected chi connectivity index (χ2v) is 5.47. The molecule has 1 atom stereocenters. The molecule has 0 aromatic heterocycles. The van der Waals surface area contributed by atoms with Crippen molar-refractivity contribution >= 4 is 15.9 Å². The number of aliphatic hydroxyl groups is 1. The molecule has 0 saturated carbocycles. The minimum Gasteiger partial charge on any atom is -0.389 e. The molecule has 1 unspecified atom stereocenters. The van der Waals surface area contributed by atoms with E-state index in [9.17, 15) is 9.50 Å². The van der Waals surface area contributed by atoms with E-state index < -0.39 is 0 Å². The van der Waals surface area contributed by atoms with E-state index in [1.54, 1.807) is 6.07 Å². The molecule has 0 radical (unpaired) electrons. The van der Waals surface area contributed by atoms with E-state index >= 15 is 0 Å². The summed E-state index contributed by atoms with van der Waals surface area (Å²) < 4.78 is 14.5. The maximum absolute atomic E-state index is 13.6. The van der Waals surface area contributed by atoms with Crippen LogP contribution in [0.1, 0.15) is 31.2 Å². The SMILES string of the molecule is OC1C=C(Cc2cc(Br)ccc2F)CCCC1. The van der Waals surface area contributed by atoms with Crippen LogP contribution in [-0.2, 0) is 6.42 Å². The number of hydrogen-bond donors (Lipinski definition) is 1. The Balaban J connectivity index is 2.16. The monoisotopic (exact) mass is 298 g/mol. The van der Waals surface area contributed by atoms with Crippen LogP contribution in [-0.4, -0.2) is 11.2 Å². The van der Waals surface area contributed by atoms with E-state index in [2.05, 4.69) is 15.9 Å². The van der Waals surface area contributed by atoms with Gasteiger partial charge in [0.25, 0.3) is 0 Å². The van der Waals surface area contributed by atoms with Gasteiger partial charge in [0, 0.05) is 4.47 Å². The van der Waals surface area contributed by atoms with Gasteiger partial charge in [0.05, 0.1) is 6.10 Å². The van der Waals surface area contributed by atoms with Crippen LogP contribution in [0.5, 0.6) is 0 Å². The molecule has 0 aliphatic heterocycles. The average molecular weight is 299 g/mol. The van der Waals surface area contributed by atoms with Gasteiger partial charge in [-0.1, -0.05) is 34.0 Å². The summed E-state index contributed by atoms with van der Waals surface area (Å²) in [5.74, 6) is -0.173. The highest BCUT2D eigenvalue weighted by atomic mass is 79.9. The lowest BCUT2D eigenvalue weighted by Crippen LogP contribution is -2.01. The summed E-state index contributed by atoms with van der Waals surface area (Å²) in [5, 5.41) is 9.68. The Kier molecular flexibility index (Phi) is 4.35.